The Morgan fingerprint density at radius 2 is 2.29 bits per heavy atom. The Bertz CT molecular complexity index is 672. The van der Waals surface area contributed by atoms with Crippen molar-refractivity contribution in [2.24, 2.45) is 0 Å². The zero-order valence-corrected chi connectivity index (χ0v) is 12.0. The maximum Gasteiger partial charge on any atom is 0.254 e. The van der Waals surface area contributed by atoms with Gasteiger partial charge in [-0.3, -0.25) is 9.78 Å². The summed E-state index contributed by atoms with van der Waals surface area (Å²) in [4.78, 5) is 19.0. The van der Waals surface area contributed by atoms with Crippen molar-refractivity contribution in [3.63, 3.8) is 0 Å². The van der Waals surface area contributed by atoms with Gasteiger partial charge in [-0.25, -0.2) is 0 Å². The predicted octanol–water partition coefficient (Wildman–Crippen LogP) is 1.38. The number of rotatable bonds is 2. The molecule has 1 fully saturated rings. The zero-order chi connectivity index (χ0) is 14.8. The van der Waals surface area contributed by atoms with Crippen molar-refractivity contribution in [3.8, 4) is 0 Å². The SMILES string of the molecule is Cc1cc(C(=O)N2CCOC(CO)C2)c2ccccc2n1. The van der Waals surface area contributed by atoms with Crippen LogP contribution in [0.2, 0.25) is 0 Å². The van der Waals surface area contributed by atoms with Gasteiger partial charge in [0.25, 0.3) is 5.91 Å². The topological polar surface area (TPSA) is 62.7 Å². The first kappa shape index (κ1) is 14.0. The molecule has 1 N–H and O–H groups in total. The first-order chi connectivity index (χ1) is 10.2. The summed E-state index contributed by atoms with van der Waals surface area (Å²) >= 11 is 0. The molecule has 1 unspecified atom stereocenters. The number of aliphatic hydroxyl groups is 1. The number of morpholine rings is 1. The van der Waals surface area contributed by atoms with Gasteiger partial charge in [0, 0.05) is 24.2 Å². The fourth-order valence-electron chi connectivity index (χ4n) is 2.67. The minimum absolute atomic E-state index is 0.0292. The number of pyridine rings is 1. The Hall–Kier alpha value is -1.98. The van der Waals surface area contributed by atoms with Crippen molar-refractivity contribution in [1.29, 1.82) is 0 Å². The largest absolute Gasteiger partial charge is 0.394 e. The highest BCUT2D eigenvalue weighted by atomic mass is 16.5. The van der Waals surface area contributed by atoms with Crippen molar-refractivity contribution >= 4 is 16.8 Å². The van der Waals surface area contributed by atoms with Gasteiger partial charge in [-0.15, -0.1) is 0 Å². The smallest absolute Gasteiger partial charge is 0.254 e. The van der Waals surface area contributed by atoms with E-state index in [1.54, 1.807) is 4.90 Å². The van der Waals surface area contributed by atoms with Gasteiger partial charge in [0.2, 0.25) is 0 Å². The van der Waals surface area contributed by atoms with E-state index in [1.165, 1.54) is 0 Å². The maximum absolute atomic E-state index is 12.8. The summed E-state index contributed by atoms with van der Waals surface area (Å²) in [6, 6.07) is 9.48. The summed E-state index contributed by atoms with van der Waals surface area (Å²) in [5.74, 6) is -0.0292. The van der Waals surface area contributed by atoms with Gasteiger partial charge in [0.05, 0.1) is 30.4 Å². The lowest BCUT2D eigenvalue weighted by Gasteiger charge is -2.32. The number of fused-ring (bicyclic) bond motifs is 1. The lowest BCUT2D eigenvalue weighted by Crippen LogP contribution is -2.47. The van der Waals surface area contributed by atoms with Crippen LogP contribution in [0.5, 0.6) is 0 Å². The molecule has 0 aliphatic carbocycles. The Balaban J connectivity index is 1.97. The third-order valence-electron chi connectivity index (χ3n) is 3.70. The van der Waals surface area contributed by atoms with Crippen LogP contribution in [0, 0.1) is 6.92 Å². The molecule has 0 spiro atoms. The van der Waals surface area contributed by atoms with E-state index >= 15 is 0 Å². The molecule has 3 rings (SSSR count). The first-order valence-electron chi connectivity index (χ1n) is 7.07. The fourth-order valence-corrected chi connectivity index (χ4v) is 2.67. The number of para-hydroxylation sites is 1. The van der Waals surface area contributed by atoms with Crippen LogP contribution in [0.1, 0.15) is 16.1 Å². The van der Waals surface area contributed by atoms with Crippen LogP contribution < -0.4 is 0 Å². The van der Waals surface area contributed by atoms with E-state index in [1.807, 2.05) is 37.3 Å². The molecule has 0 saturated carbocycles. The standard InChI is InChI=1S/C16H18N2O3/c1-11-8-14(13-4-2-3-5-15(13)17-11)16(20)18-6-7-21-12(9-18)10-19/h2-5,8,12,19H,6-7,9-10H2,1H3. The molecule has 110 valence electrons. The third-order valence-corrected chi connectivity index (χ3v) is 3.70. The van der Waals surface area contributed by atoms with Crippen molar-refractivity contribution in [1.82, 2.24) is 9.88 Å². The minimum atomic E-state index is -0.295. The summed E-state index contributed by atoms with van der Waals surface area (Å²) in [7, 11) is 0. The normalized spacial score (nSPS) is 19.0. The molecule has 1 aliphatic heterocycles. The van der Waals surface area contributed by atoms with Crippen LogP contribution in [-0.2, 0) is 4.74 Å². The number of aromatic nitrogens is 1. The Morgan fingerprint density at radius 3 is 3.10 bits per heavy atom. The zero-order valence-electron chi connectivity index (χ0n) is 12.0. The van der Waals surface area contributed by atoms with Crippen LogP contribution in [0.25, 0.3) is 10.9 Å². The average molecular weight is 286 g/mol. The van der Waals surface area contributed by atoms with Crippen molar-refractivity contribution in [2.45, 2.75) is 13.0 Å². The van der Waals surface area contributed by atoms with Gasteiger partial charge in [0.15, 0.2) is 0 Å². The Kier molecular flexibility index (Phi) is 3.86. The van der Waals surface area contributed by atoms with E-state index < -0.39 is 0 Å². The van der Waals surface area contributed by atoms with Gasteiger partial charge in [-0.1, -0.05) is 18.2 Å². The highest BCUT2D eigenvalue weighted by Crippen LogP contribution is 2.21. The molecule has 1 saturated heterocycles. The quantitative estimate of drug-likeness (QED) is 0.906. The molecule has 0 bridgehead atoms. The summed E-state index contributed by atoms with van der Waals surface area (Å²) < 4.78 is 5.40. The number of hydrogen-bond donors (Lipinski definition) is 1. The van der Waals surface area contributed by atoms with Gasteiger partial charge in [-0.05, 0) is 19.1 Å². The maximum atomic E-state index is 12.8. The summed E-state index contributed by atoms with van der Waals surface area (Å²) in [5, 5.41) is 10.1. The highest BCUT2D eigenvalue weighted by molar-refractivity contribution is 6.06. The van der Waals surface area contributed by atoms with Gasteiger partial charge in [-0.2, -0.15) is 0 Å². The molecule has 2 heterocycles. The summed E-state index contributed by atoms with van der Waals surface area (Å²) in [6.07, 6.45) is -0.295. The first-order valence-corrected chi connectivity index (χ1v) is 7.07. The molecular weight excluding hydrogens is 268 g/mol. The predicted molar refractivity (Wildman–Crippen MR) is 79.2 cm³/mol. The molecule has 1 aromatic carbocycles. The molecule has 1 amide bonds. The van der Waals surface area contributed by atoms with E-state index in [2.05, 4.69) is 4.98 Å². The van der Waals surface area contributed by atoms with E-state index in [0.717, 1.165) is 16.6 Å². The van der Waals surface area contributed by atoms with E-state index in [0.29, 0.717) is 25.3 Å². The monoisotopic (exact) mass is 286 g/mol. The second-order valence-corrected chi connectivity index (χ2v) is 5.25. The molecular formula is C16H18N2O3. The van der Waals surface area contributed by atoms with Gasteiger partial charge in [0.1, 0.15) is 0 Å². The minimum Gasteiger partial charge on any atom is -0.394 e. The molecule has 1 aliphatic rings. The van der Waals surface area contributed by atoms with Gasteiger partial charge < -0.3 is 14.7 Å². The highest BCUT2D eigenvalue weighted by Gasteiger charge is 2.25. The van der Waals surface area contributed by atoms with E-state index in [4.69, 9.17) is 4.74 Å². The second-order valence-electron chi connectivity index (χ2n) is 5.25. The van der Waals surface area contributed by atoms with Crippen molar-refractivity contribution < 1.29 is 14.6 Å². The number of benzene rings is 1. The van der Waals surface area contributed by atoms with Crippen LogP contribution in [0.15, 0.2) is 30.3 Å². The van der Waals surface area contributed by atoms with E-state index in [9.17, 15) is 9.90 Å². The fraction of sp³-hybridized carbons (Fsp3) is 0.375. The lowest BCUT2D eigenvalue weighted by molar-refractivity contribution is -0.0446. The molecule has 21 heavy (non-hydrogen) atoms. The van der Waals surface area contributed by atoms with Crippen LogP contribution in [-0.4, -0.2) is 53.3 Å². The Morgan fingerprint density at radius 1 is 1.48 bits per heavy atom. The third kappa shape index (κ3) is 2.75. The van der Waals surface area contributed by atoms with Gasteiger partial charge >= 0.3 is 0 Å². The molecule has 5 nitrogen and oxygen atoms in total. The lowest BCUT2D eigenvalue weighted by atomic mass is 10.1. The number of carbonyl (C=O) groups excluding carboxylic acids is 1. The van der Waals surface area contributed by atoms with Crippen molar-refractivity contribution in [2.75, 3.05) is 26.3 Å². The van der Waals surface area contributed by atoms with Crippen LogP contribution in [0.4, 0.5) is 0 Å². The number of hydrogen-bond acceptors (Lipinski definition) is 4. The van der Waals surface area contributed by atoms with Crippen molar-refractivity contribution in [3.05, 3.63) is 41.6 Å². The number of aryl methyl sites for hydroxylation is 1. The number of carbonyl (C=O) groups is 1. The Labute approximate surface area is 123 Å². The molecule has 0 radical (unpaired) electrons. The van der Waals surface area contributed by atoms with E-state index in [-0.39, 0.29) is 18.6 Å². The molecule has 2 aromatic rings. The second kappa shape index (κ2) is 5.79. The number of ether oxygens (including phenoxy) is 1. The summed E-state index contributed by atoms with van der Waals surface area (Å²) in [5.41, 5.74) is 2.31. The van der Waals surface area contributed by atoms with Crippen LogP contribution >= 0.6 is 0 Å². The summed E-state index contributed by atoms with van der Waals surface area (Å²) in [6.45, 7) is 3.24. The molecule has 1 aromatic heterocycles. The number of amides is 1. The van der Waals surface area contributed by atoms with Crippen LogP contribution in [0.3, 0.4) is 0 Å². The average Bonchev–Trinajstić information content (AvgIpc) is 2.53. The molecule has 1 atom stereocenters. The molecule has 5 heteroatoms. The number of aliphatic hydroxyl groups excluding tert-OH is 1. The number of nitrogens with zero attached hydrogens (tertiary/aromatic N) is 2.